The first-order valence-corrected chi connectivity index (χ1v) is 8.23. The first kappa shape index (κ1) is 15.5. The molecule has 2 heterocycles. The van der Waals surface area contributed by atoms with Crippen molar-refractivity contribution in [3.63, 3.8) is 0 Å². The molecule has 0 radical (unpaired) electrons. The van der Waals surface area contributed by atoms with Crippen LogP contribution in [0.15, 0.2) is 29.6 Å². The molecule has 1 aliphatic rings. The molecule has 0 spiro atoms. The average Bonchev–Trinajstić information content (AvgIpc) is 3.05. The molecule has 2 N–H and O–H groups in total. The summed E-state index contributed by atoms with van der Waals surface area (Å²) in [5.41, 5.74) is 1.62. The topological polar surface area (TPSA) is 90.7 Å². The molecule has 6 nitrogen and oxygen atoms in total. The molecule has 2 aromatic rings. The zero-order valence-electron chi connectivity index (χ0n) is 12.3. The monoisotopic (exact) mass is 332 g/mol. The Hall–Kier alpha value is -2.41. The van der Waals surface area contributed by atoms with Gasteiger partial charge < -0.3 is 10.2 Å². The molecule has 0 saturated carbocycles. The summed E-state index contributed by atoms with van der Waals surface area (Å²) in [5, 5.41) is 21.0. The third-order valence-corrected chi connectivity index (χ3v) is 4.91. The van der Waals surface area contributed by atoms with Crippen LogP contribution in [0.3, 0.4) is 0 Å². The number of carboxylic acids is 1. The quantitative estimate of drug-likeness (QED) is 0.894. The Morgan fingerprint density at radius 2 is 2.09 bits per heavy atom. The van der Waals surface area contributed by atoms with Crippen molar-refractivity contribution < 1.29 is 19.8 Å². The van der Waals surface area contributed by atoms with Crippen LogP contribution in [0.2, 0.25) is 0 Å². The third-order valence-electron chi connectivity index (χ3n) is 3.96. The fourth-order valence-electron chi connectivity index (χ4n) is 2.80. The molecule has 1 aliphatic heterocycles. The summed E-state index contributed by atoms with van der Waals surface area (Å²) in [7, 11) is 0. The fraction of sp³-hybridized carbons (Fsp3) is 0.312. The second kappa shape index (κ2) is 6.37. The molecular formula is C16H16N2O4S. The molecule has 0 aliphatic carbocycles. The van der Waals surface area contributed by atoms with E-state index in [9.17, 15) is 14.7 Å². The van der Waals surface area contributed by atoms with Gasteiger partial charge in [-0.2, -0.15) is 0 Å². The zero-order chi connectivity index (χ0) is 16.4. The molecule has 1 saturated heterocycles. The average molecular weight is 332 g/mol. The Kier molecular flexibility index (Phi) is 4.29. The number of carboxylic acid groups (broad SMARTS) is 2. The van der Waals surface area contributed by atoms with Crippen molar-refractivity contribution in [1.82, 2.24) is 9.88 Å². The maximum Gasteiger partial charge on any atom is 0.407 e. The molecule has 7 heteroatoms. The van der Waals surface area contributed by atoms with Gasteiger partial charge in [0.05, 0.1) is 17.3 Å². The van der Waals surface area contributed by atoms with Gasteiger partial charge in [0.2, 0.25) is 0 Å². The Morgan fingerprint density at radius 3 is 2.83 bits per heavy atom. The summed E-state index contributed by atoms with van der Waals surface area (Å²) in [6, 6.07) is 6.40. The highest BCUT2D eigenvalue weighted by Crippen LogP contribution is 2.34. The van der Waals surface area contributed by atoms with Crippen molar-refractivity contribution in [2.24, 2.45) is 0 Å². The van der Waals surface area contributed by atoms with Crippen molar-refractivity contribution in [1.29, 1.82) is 0 Å². The first-order valence-electron chi connectivity index (χ1n) is 7.35. The number of hydrogen-bond donors (Lipinski definition) is 2. The van der Waals surface area contributed by atoms with Crippen molar-refractivity contribution in [3.05, 3.63) is 40.2 Å². The van der Waals surface area contributed by atoms with E-state index in [-0.39, 0.29) is 11.6 Å². The normalized spacial score (nSPS) is 17.9. The Balaban J connectivity index is 1.89. The second-order valence-electron chi connectivity index (χ2n) is 5.44. The minimum Gasteiger partial charge on any atom is -0.478 e. The van der Waals surface area contributed by atoms with Gasteiger partial charge in [0.15, 0.2) is 0 Å². The lowest BCUT2D eigenvalue weighted by molar-refractivity contribution is 0.0696. The molecule has 1 aromatic carbocycles. The number of likely N-dealkylation sites (tertiary alicyclic amines) is 1. The lowest BCUT2D eigenvalue weighted by Gasteiger charge is -2.32. The Labute approximate surface area is 137 Å². The first-order chi connectivity index (χ1) is 11.1. The summed E-state index contributed by atoms with van der Waals surface area (Å²) < 4.78 is 0. The number of hydrogen-bond acceptors (Lipinski definition) is 4. The molecule has 0 unspecified atom stereocenters. The number of aromatic carboxylic acids is 1. The number of piperidine rings is 1. The molecule has 1 amide bonds. The maximum absolute atomic E-state index is 11.4. The van der Waals surface area contributed by atoms with Crippen molar-refractivity contribution in [3.8, 4) is 11.3 Å². The smallest absolute Gasteiger partial charge is 0.407 e. The van der Waals surface area contributed by atoms with Gasteiger partial charge in [-0.3, -0.25) is 4.90 Å². The predicted molar refractivity (Wildman–Crippen MR) is 85.8 cm³/mol. The van der Waals surface area contributed by atoms with E-state index in [1.54, 1.807) is 18.2 Å². The van der Waals surface area contributed by atoms with Crippen molar-refractivity contribution >= 4 is 23.4 Å². The van der Waals surface area contributed by atoms with E-state index < -0.39 is 12.1 Å². The third kappa shape index (κ3) is 3.19. The van der Waals surface area contributed by atoms with E-state index in [0.29, 0.717) is 12.2 Å². The van der Waals surface area contributed by atoms with Crippen LogP contribution in [-0.4, -0.2) is 38.7 Å². The van der Waals surface area contributed by atoms with Crippen LogP contribution >= 0.6 is 11.3 Å². The van der Waals surface area contributed by atoms with E-state index in [4.69, 9.17) is 5.11 Å². The van der Waals surface area contributed by atoms with Crippen LogP contribution in [-0.2, 0) is 0 Å². The molecule has 3 rings (SSSR count). The summed E-state index contributed by atoms with van der Waals surface area (Å²) in [5.74, 6) is -0.980. The van der Waals surface area contributed by atoms with Crippen LogP contribution in [0.25, 0.3) is 11.3 Å². The van der Waals surface area contributed by atoms with Crippen LogP contribution in [0.1, 0.15) is 40.7 Å². The van der Waals surface area contributed by atoms with E-state index in [0.717, 1.165) is 29.8 Å². The van der Waals surface area contributed by atoms with Crippen molar-refractivity contribution in [2.45, 2.75) is 25.3 Å². The predicted octanol–water partition coefficient (Wildman–Crippen LogP) is 3.71. The second-order valence-corrected chi connectivity index (χ2v) is 6.33. The molecule has 23 heavy (non-hydrogen) atoms. The number of carbonyl (C=O) groups is 2. The van der Waals surface area contributed by atoms with E-state index in [1.807, 2.05) is 5.38 Å². The fourth-order valence-corrected chi connectivity index (χ4v) is 3.78. The maximum atomic E-state index is 11.4. The molecule has 1 aromatic heterocycles. The van der Waals surface area contributed by atoms with Gasteiger partial charge in [-0.05, 0) is 31.4 Å². The van der Waals surface area contributed by atoms with Gasteiger partial charge in [0.25, 0.3) is 0 Å². The number of amides is 1. The van der Waals surface area contributed by atoms with E-state index in [1.165, 1.54) is 22.3 Å². The summed E-state index contributed by atoms with van der Waals surface area (Å²) >= 11 is 1.42. The number of thiazole rings is 1. The molecular weight excluding hydrogens is 316 g/mol. The SMILES string of the molecule is O=C(O)c1cccc(-c2csc([C@H]3CCCCN3C(=O)O)n2)c1. The van der Waals surface area contributed by atoms with Gasteiger partial charge in [-0.15, -0.1) is 11.3 Å². The molecule has 1 fully saturated rings. The van der Waals surface area contributed by atoms with Crippen LogP contribution < -0.4 is 0 Å². The number of benzene rings is 1. The lowest BCUT2D eigenvalue weighted by atomic mass is 10.0. The van der Waals surface area contributed by atoms with Gasteiger partial charge in [-0.1, -0.05) is 12.1 Å². The minimum absolute atomic E-state index is 0.206. The molecule has 120 valence electrons. The summed E-state index contributed by atoms with van der Waals surface area (Å²) in [6.07, 6.45) is 1.72. The Morgan fingerprint density at radius 1 is 1.26 bits per heavy atom. The van der Waals surface area contributed by atoms with Crippen LogP contribution in [0.5, 0.6) is 0 Å². The van der Waals surface area contributed by atoms with Gasteiger partial charge in [-0.25, -0.2) is 14.6 Å². The lowest BCUT2D eigenvalue weighted by Crippen LogP contribution is -2.37. The summed E-state index contributed by atoms with van der Waals surface area (Å²) in [4.78, 5) is 28.4. The highest BCUT2D eigenvalue weighted by molar-refractivity contribution is 7.10. The van der Waals surface area contributed by atoms with E-state index >= 15 is 0 Å². The van der Waals surface area contributed by atoms with Gasteiger partial charge >= 0.3 is 12.1 Å². The van der Waals surface area contributed by atoms with Crippen LogP contribution in [0, 0.1) is 0 Å². The number of aromatic nitrogens is 1. The molecule has 1 atom stereocenters. The van der Waals surface area contributed by atoms with Crippen LogP contribution in [0.4, 0.5) is 4.79 Å². The Bertz CT molecular complexity index is 743. The summed E-state index contributed by atoms with van der Waals surface area (Å²) in [6.45, 7) is 0.531. The zero-order valence-corrected chi connectivity index (χ0v) is 13.1. The number of nitrogens with zero attached hydrogens (tertiary/aromatic N) is 2. The highest BCUT2D eigenvalue weighted by atomic mass is 32.1. The highest BCUT2D eigenvalue weighted by Gasteiger charge is 2.29. The molecule has 0 bridgehead atoms. The standard InChI is InChI=1S/C16H16N2O4S/c19-15(20)11-5-3-4-10(8-11)12-9-23-14(17-12)13-6-1-2-7-18(13)16(21)22/h3-5,8-9,13H,1-2,6-7H2,(H,19,20)(H,21,22)/t13-/m1/s1. The van der Waals surface area contributed by atoms with E-state index in [2.05, 4.69) is 4.98 Å². The number of rotatable bonds is 3. The van der Waals surface area contributed by atoms with Gasteiger partial charge in [0.1, 0.15) is 5.01 Å². The van der Waals surface area contributed by atoms with Gasteiger partial charge in [0, 0.05) is 17.5 Å². The minimum atomic E-state index is -0.980. The van der Waals surface area contributed by atoms with Crippen molar-refractivity contribution in [2.75, 3.05) is 6.54 Å². The largest absolute Gasteiger partial charge is 0.478 e.